The SMILES string of the molecule is O=C(CCc1cnccn1)N1CCCC(CCc2ccc(F)cc2)C1. The molecule has 1 fully saturated rings. The van der Waals surface area contributed by atoms with Gasteiger partial charge in [0.25, 0.3) is 0 Å². The number of carbonyl (C=O) groups excluding carboxylic acids is 1. The fraction of sp³-hybridized carbons (Fsp3) is 0.450. The summed E-state index contributed by atoms with van der Waals surface area (Å²) in [5.74, 6) is 0.540. The minimum atomic E-state index is -0.193. The summed E-state index contributed by atoms with van der Waals surface area (Å²) in [4.78, 5) is 22.7. The molecule has 0 spiro atoms. The van der Waals surface area contributed by atoms with Gasteiger partial charge in [0.2, 0.25) is 5.91 Å². The number of piperidine rings is 1. The largest absolute Gasteiger partial charge is 0.342 e. The molecular formula is C20H24FN3O. The number of carbonyl (C=O) groups is 1. The van der Waals surface area contributed by atoms with Gasteiger partial charge >= 0.3 is 0 Å². The van der Waals surface area contributed by atoms with Crippen molar-refractivity contribution in [3.8, 4) is 0 Å². The quantitative estimate of drug-likeness (QED) is 0.809. The number of hydrogen-bond acceptors (Lipinski definition) is 3. The number of rotatable bonds is 6. The molecule has 4 nitrogen and oxygen atoms in total. The Morgan fingerprint density at radius 2 is 2.04 bits per heavy atom. The second-order valence-corrected chi connectivity index (χ2v) is 6.71. The van der Waals surface area contributed by atoms with Crippen molar-refractivity contribution in [1.82, 2.24) is 14.9 Å². The van der Waals surface area contributed by atoms with Crippen LogP contribution in [0.3, 0.4) is 0 Å². The van der Waals surface area contributed by atoms with E-state index in [2.05, 4.69) is 9.97 Å². The highest BCUT2D eigenvalue weighted by atomic mass is 19.1. The molecule has 132 valence electrons. The van der Waals surface area contributed by atoms with Crippen molar-refractivity contribution in [2.75, 3.05) is 13.1 Å². The van der Waals surface area contributed by atoms with E-state index in [1.807, 2.05) is 17.0 Å². The number of benzene rings is 1. The van der Waals surface area contributed by atoms with Crippen LogP contribution in [0.5, 0.6) is 0 Å². The monoisotopic (exact) mass is 341 g/mol. The predicted octanol–water partition coefficient (Wildman–Crippen LogP) is 3.42. The second-order valence-electron chi connectivity index (χ2n) is 6.71. The molecule has 0 aliphatic carbocycles. The van der Waals surface area contributed by atoms with Crippen LogP contribution in [0.2, 0.25) is 0 Å². The zero-order chi connectivity index (χ0) is 17.5. The average molecular weight is 341 g/mol. The lowest BCUT2D eigenvalue weighted by Crippen LogP contribution is -2.40. The maximum Gasteiger partial charge on any atom is 0.222 e. The lowest BCUT2D eigenvalue weighted by Gasteiger charge is -2.33. The molecule has 1 unspecified atom stereocenters. The zero-order valence-electron chi connectivity index (χ0n) is 14.4. The summed E-state index contributed by atoms with van der Waals surface area (Å²) in [7, 11) is 0. The topological polar surface area (TPSA) is 46.1 Å². The van der Waals surface area contributed by atoms with Gasteiger partial charge in [-0.2, -0.15) is 0 Å². The summed E-state index contributed by atoms with van der Waals surface area (Å²) >= 11 is 0. The standard InChI is InChI=1S/C20H24FN3O/c21-18-7-5-16(6-8-18)3-4-17-2-1-13-24(15-17)20(25)10-9-19-14-22-11-12-23-19/h5-8,11-12,14,17H,1-4,9-10,13,15H2. The van der Waals surface area contributed by atoms with Crippen molar-refractivity contribution in [2.24, 2.45) is 5.92 Å². The van der Waals surface area contributed by atoms with Gasteiger partial charge in [-0.15, -0.1) is 0 Å². The molecule has 0 N–H and O–H groups in total. The third kappa shape index (κ3) is 5.34. The number of likely N-dealkylation sites (tertiary alicyclic amines) is 1. The van der Waals surface area contributed by atoms with Crippen molar-refractivity contribution >= 4 is 5.91 Å². The summed E-state index contributed by atoms with van der Waals surface area (Å²) < 4.78 is 13.0. The fourth-order valence-corrected chi connectivity index (χ4v) is 3.40. The second kappa shape index (κ2) is 8.70. The van der Waals surface area contributed by atoms with Gasteiger partial charge in [0, 0.05) is 38.1 Å². The van der Waals surface area contributed by atoms with Gasteiger partial charge in [-0.1, -0.05) is 12.1 Å². The van der Waals surface area contributed by atoms with E-state index < -0.39 is 0 Å². The van der Waals surface area contributed by atoms with Crippen LogP contribution in [0, 0.1) is 11.7 Å². The molecule has 1 aliphatic rings. The number of halogens is 1. The summed E-state index contributed by atoms with van der Waals surface area (Å²) in [5.41, 5.74) is 2.02. The molecule has 1 aromatic heterocycles. The molecule has 1 aromatic carbocycles. The molecule has 0 bridgehead atoms. The summed E-state index contributed by atoms with van der Waals surface area (Å²) in [6, 6.07) is 6.72. The van der Waals surface area contributed by atoms with Gasteiger partial charge in [-0.25, -0.2) is 4.39 Å². The van der Waals surface area contributed by atoms with Crippen LogP contribution in [-0.2, 0) is 17.6 Å². The lowest BCUT2D eigenvalue weighted by atomic mass is 9.91. The van der Waals surface area contributed by atoms with Crippen LogP contribution in [-0.4, -0.2) is 33.9 Å². The molecule has 2 heterocycles. The maximum atomic E-state index is 13.0. The summed E-state index contributed by atoms with van der Waals surface area (Å²) in [6.07, 6.45) is 10.3. The Morgan fingerprint density at radius 1 is 1.20 bits per heavy atom. The van der Waals surface area contributed by atoms with Gasteiger partial charge in [-0.3, -0.25) is 14.8 Å². The molecule has 2 aromatic rings. The van der Waals surface area contributed by atoms with Crippen molar-refractivity contribution in [2.45, 2.75) is 38.5 Å². The van der Waals surface area contributed by atoms with Crippen LogP contribution in [0.25, 0.3) is 0 Å². The maximum absolute atomic E-state index is 13.0. The predicted molar refractivity (Wildman–Crippen MR) is 94.4 cm³/mol. The highest BCUT2D eigenvalue weighted by Crippen LogP contribution is 2.22. The number of nitrogens with zero attached hydrogens (tertiary/aromatic N) is 3. The van der Waals surface area contributed by atoms with E-state index in [4.69, 9.17) is 0 Å². The summed E-state index contributed by atoms with van der Waals surface area (Å²) in [6.45, 7) is 1.69. The molecule has 25 heavy (non-hydrogen) atoms. The number of hydrogen-bond donors (Lipinski definition) is 0. The van der Waals surface area contributed by atoms with E-state index >= 15 is 0 Å². The van der Waals surface area contributed by atoms with Crippen molar-refractivity contribution in [3.63, 3.8) is 0 Å². The Kier molecular flexibility index (Phi) is 6.09. The van der Waals surface area contributed by atoms with E-state index in [0.717, 1.165) is 50.0 Å². The zero-order valence-corrected chi connectivity index (χ0v) is 14.4. The summed E-state index contributed by atoms with van der Waals surface area (Å²) in [5, 5.41) is 0. The number of amides is 1. The third-order valence-electron chi connectivity index (χ3n) is 4.84. The molecule has 5 heteroatoms. The molecule has 1 amide bonds. The Hall–Kier alpha value is -2.30. The van der Waals surface area contributed by atoms with Gasteiger partial charge in [-0.05, 0) is 55.7 Å². The van der Waals surface area contributed by atoms with E-state index in [1.165, 1.54) is 12.1 Å². The van der Waals surface area contributed by atoms with E-state index in [1.54, 1.807) is 18.6 Å². The minimum absolute atomic E-state index is 0.193. The highest BCUT2D eigenvalue weighted by molar-refractivity contribution is 5.76. The molecule has 3 rings (SSSR count). The van der Waals surface area contributed by atoms with E-state index in [9.17, 15) is 9.18 Å². The first kappa shape index (κ1) is 17.5. The van der Waals surface area contributed by atoms with E-state index in [-0.39, 0.29) is 11.7 Å². The Balaban J connectivity index is 1.45. The first-order chi connectivity index (χ1) is 12.2. The van der Waals surface area contributed by atoms with Crippen molar-refractivity contribution in [3.05, 3.63) is 59.9 Å². The van der Waals surface area contributed by atoms with Gasteiger partial charge < -0.3 is 4.90 Å². The van der Waals surface area contributed by atoms with Crippen LogP contribution in [0.1, 0.15) is 36.9 Å². The van der Waals surface area contributed by atoms with E-state index in [0.29, 0.717) is 18.8 Å². The normalized spacial score (nSPS) is 17.5. The van der Waals surface area contributed by atoms with Crippen LogP contribution >= 0.6 is 0 Å². The Labute approximate surface area is 148 Å². The van der Waals surface area contributed by atoms with Gasteiger partial charge in [0.15, 0.2) is 0 Å². The molecular weight excluding hydrogens is 317 g/mol. The lowest BCUT2D eigenvalue weighted by molar-refractivity contribution is -0.133. The van der Waals surface area contributed by atoms with Crippen LogP contribution in [0.15, 0.2) is 42.9 Å². The highest BCUT2D eigenvalue weighted by Gasteiger charge is 2.23. The fourth-order valence-electron chi connectivity index (χ4n) is 3.40. The Morgan fingerprint density at radius 3 is 2.80 bits per heavy atom. The van der Waals surface area contributed by atoms with Crippen LogP contribution < -0.4 is 0 Å². The Bertz CT molecular complexity index is 675. The van der Waals surface area contributed by atoms with Crippen molar-refractivity contribution < 1.29 is 9.18 Å². The molecule has 1 atom stereocenters. The average Bonchev–Trinajstić information content (AvgIpc) is 2.67. The van der Waals surface area contributed by atoms with Crippen molar-refractivity contribution in [1.29, 1.82) is 0 Å². The molecule has 1 aliphatic heterocycles. The van der Waals surface area contributed by atoms with Gasteiger partial charge in [0.05, 0.1) is 5.69 Å². The smallest absolute Gasteiger partial charge is 0.222 e. The molecule has 0 saturated carbocycles. The molecule has 1 saturated heterocycles. The minimum Gasteiger partial charge on any atom is -0.342 e. The first-order valence-corrected chi connectivity index (χ1v) is 8.98. The van der Waals surface area contributed by atoms with Crippen LogP contribution in [0.4, 0.5) is 4.39 Å². The number of aryl methyl sites for hydroxylation is 2. The number of aromatic nitrogens is 2. The van der Waals surface area contributed by atoms with Gasteiger partial charge in [0.1, 0.15) is 5.82 Å². The first-order valence-electron chi connectivity index (χ1n) is 8.98. The molecule has 0 radical (unpaired) electrons. The third-order valence-corrected chi connectivity index (χ3v) is 4.84.